The molecule has 1 atom stereocenters. The molecule has 1 heterocycles. The van der Waals surface area contributed by atoms with Crippen LogP contribution < -0.4 is 5.63 Å². The van der Waals surface area contributed by atoms with Crippen molar-refractivity contribution in [2.24, 2.45) is 5.41 Å². The van der Waals surface area contributed by atoms with Gasteiger partial charge in [0.15, 0.2) is 0 Å². The lowest BCUT2D eigenvalue weighted by atomic mass is 9.88. The fraction of sp³-hybridized carbons (Fsp3) is 0.522. The molecule has 4 heteroatoms. The number of thioether (sulfide) groups is 1. The molecular formula is C23H30O3S. The summed E-state index contributed by atoms with van der Waals surface area (Å²) in [6.07, 6.45) is 7.04. The van der Waals surface area contributed by atoms with E-state index in [1.54, 1.807) is 6.07 Å². The van der Waals surface area contributed by atoms with E-state index in [1.165, 1.54) is 32.1 Å². The maximum atomic E-state index is 12.9. The van der Waals surface area contributed by atoms with Crippen LogP contribution in [0.1, 0.15) is 70.1 Å². The summed E-state index contributed by atoms with van der Waals surface area (Å²) in [6, 6.07) is 11.0. The Labute approximate surface area is 166 Å². The fourth-order valence-electron chi connectivity index (χ4n) is 3.74. The first kappa shape index (κ1) is 20.1. The van der Waals surface area contributed by atoms with Crippen molar-refractivity contribution in [3.05, 3.63) is 52.4 Å². The summed E-state index contributed by atoms with van der Waals surface area (Å²) in [5, 5.41) is 11.3. The van der Waals surface area contributed by atoms with Crippen molar-refractivity contribution in [2.45, 2.75) is 69.8 Å². The lowest BCUT2D eigenvalue weighted by Gasteiger charge is -2.30. The van der Waals surface area contributed by atoms with E-state index in [-0.39, 0.29) is 16.4 Å². The topological polar surface area (TPSA) is 50.4 Å². The smallest absolute Gasteiger partial charge is 0.344 e. The van der Waals surface area contributed by atoms with Crippen LogP contribution in [0.5, 0.6) is 5.75 Å². The second kappa shape index (κ2) is 8.55. The molecule has 1 aromatic carbocycles. The zero-order valence-corrected chi connectivity index (χ0v) is 17.3. The highest BCUT2D eigenvalue weighted by Gasteiger charge is 2.30. The summed E-state index contributed by atoms with van der Waals surface area (Å²) in [4.78, 5) is 12.9. The van der Waals surface area contributed by atoms with Gasteiger partial charge in [-0.05, 0) is 24.7 Å². The van der Waals surface area contributed by atoms with E-state index in [9.17, 15) is 9.90 Å². The van der Waals surface area contributed by atoms with Gasteiger partial charge in [-0.2, -0.15) is 0 Å². The predicted molar refractivity (Wildman–Crippen MR) is 113 cm³/mol. The molecule has 0 radical (unpaired) electrons. The quantitative estimate of drug-likeness (QED) is 0.632. The minimum Gasteiger partial charge on any atom is -0.507 e. The lowest BCUT2D eigenvalue weighted by Crippen LogP contribution is -2.20. The Bertz CT molecular complexity index is 799. The molecule has 2 aromatic rings. The van der Waals surface area contributed by atoms with Crippen molar-refractivity contribution < 1.29 is 9.52 Å². The molecule has 3 nitrogen and oxygen atoms in total. The summed E-state index contributed by atoms with van der Waals surface area (Å²) < 4.78 is 5.63. The molecule has 0 aliphatic heterocycles. The Balaban J connectivity index is 1.94. The van der Waals surface area contributed by atoms with Crippen LogP contribution in [-0.4, -0.2) is 10.4 Å². The molecule has 1 fully saturated rings. The summed E-state index contributed by atoms with van der Waals surface area (Å²) in [6.45, 7) is 6.54. The summed E-state index contributed by atoms with van der Waals surface area (Å²) in [5.41, 5.74) is 0.874. The zero-order valence-electron chi connectivity index (χ0n) is 16.5. The molecule has 1 aromatic heterocycles. The van der Waals surface area contributed by atoms with Crippen LogP contribution in [0.15, 0.2) is 45.6 Å². The second-order valence-corrected chi connectivity index (χ2v) is 10.2. The van der Waals surface area contributed by atoms with Crippen molar-refractivity contribution >= 4 is 11.8 Å². The van der Waals surface area contributed by atoms with Crippen molar-refractivity contribution in [2.75, 3.05) is 0 Å². The Hall–Kier alpha value is -1.68. The average Bonchev–Trinajstić information content (AvgIpc) is 2.61. The molecule has 0 amide bonds. The molecule has 0 saturated heterocycles. The average molecular weight is 387 g/mol. The van der Waals surface area contributed by atoms with E-state index in [2.05, 4.69) is 20.8 Å². The van der Waals surface area contributed by atoms with E-state index in [1.807, 2.05) is 42.1 Å². The van der Waals surface area contributed by atoms with Gasteiger partial charge in [-0.1, -0.05) is 70.4 Å². The Morgan fingerprint density at radius 3 is 2.41 bits per heavy atom. The van der Waals surface area contributed by atoms with Gasteiger partial charge in [0.2, 0.25) is 0 Å². The van der Waals surface area contributed by atoms with Gasteiger partial charge in [0.1, 0.15) is 11.5 Å². The molecule has 1 saturated carbocycles. The van der Waals surface area contributed by atoms with Crippen LogP contribution in [0.4, 0.5) is 0 Å². The molecular weight excluding hydrogens is 356 g/mol. The van der Waals surface area contributed by atoms with Gasteiger partial charge in [-0.3, -0.25) is 0 Å². The van der Waals surface area contributed by atoms with Crippen molar-refractivity contribution in [3.8, 4) is 17.1 Å². The van der Waals surface area contributed by atoms with E-state index in [0.717, 1.165) is 12.0 Å². The van der Waals surface area contributed by atoms with E-state index >= 15 is 0 Å². The Morgan fingerprint density at radius 2 is 1.81 bits per heavy atom. The minimum absolute atomic E-state index is 0.0471. The largest absolute Gasteiger partial charge is 0.507 e. The first-order valence-corrected chi connectivity index (χ1v) is 10.9. The van der Waals surface area contributed by atoms with Crippen molar-refractivity contribution in [3.63, 3.8) is 0 Å². The second-order valence-electron chi connectivity index (χ2n) is 8.71. The predicted octanol–water partition coefficient (Wildman–Crippen LogP) is 6.56. The van der Waals surface area contributed by atoms with Crippen LogP contribution in [0, 0.1) is 5.41 Å². The van der Waals surface area contributed by atoms with Gasteiger partial charge in [0.25, 0.3) is 0 Å². The summed E-state index contributed by atoms with van der Waals surface area (Å²) >= 11 is 1.86. The maximum absolute atomic E-state index is 12.9. The van der Waals surface area contributed by atoms with E-state index < -0.39 is 5.63 Å². The number of hydrogen-bond acceptors (Lipinski definition) is 4. The lowest BCUT2D eigenvalue weighted by molar-refractivity contribution is 0.362. The van der Waals surface area contributed by atoms with Crippen molar-refractivity contribution in [1.29, 1.82) is 0 Å². The molecule has 27 heavy (non-hydrogen) atoms. The highest BCUT2D eigenvalue weighted by atomic mass is 32.2. The number of hydrogen-bond donors (Lipinski definition) is 1. The van der Waals surface area contributed by atoms with Gasteiger partial charge in [-0.15, -0.1) is 11.8 Å². The third-order valence-electron chi connectivity index (χ3n) is 5.05. The highest BCUT2D eigenvalue weighted by Crippen LogP contribution is 2.46. The molecule has 1 aliphatic rings. The number of benzene rings is 1. The normalized spacial score (nSPS) is 17.0. The number of aromatic hydroxyl groups is 1. The van der Waals surface area contributed by atoms with Crippen LogP contribution in [0.3, 0.4) is 0 Å². The number of rotatable bonds is 5. The third kappa shape index (κ3) is 5.41. The first-order chi connectivity index (χ1) is 12.8. The maximum Gasteiger partial charge on any atom is 0.344 e. The Kier molecular flexibility index (Phi) is 6.36. The molecule has 0 spiro atoms. The SMILES string of the molecule is CC(C)(C)C[C@@H](SC1CCCCC1)c1c(O)cc(-c2ccccc2)oc1=O. The van der Waals surface area contributed by atoms with Crippen LogP contribution in [0.2, 0.25) is 0 Å². The molecule has 0 unspecified atom stereocenters. The van der Waals surface area contributed by atoms with Gasteiger partial charge in [0.05, 0.1) is 5.56 Å². The fourth-order valence-corrected chi connectivity index (χ4v) is 5.76. The molecule has 146 valence electrons. The third-order valence-corrected chi connectivity index (χ3v) is 6.64. The van der Waals surface area contributed by atoms with Gasteiger partial charge < -0.3 is 9.52 Å². The minimum atomic E-state index is -0.411. The van der Waals surface area contributed by atoms with Gasteiger partial charge >= 0.3 is 5.63 Å². The van der Waals surface area contributed by atoms with Crippen LogP contribution in [-0.2, 0) is 0 Å². The van der Waals surface area contributed by atoms with Gasteiger partial charge in [-0.25, -0.2) is 4.79 Å². The van der Waals surface area contributed by atoms with E-state index in [4.69, 9.17) is 4.42 Å². The molecule has 3 rings (SSSR count). The van der Waals surface area contributed by atoms with Crippen molar-refractivity contribution in [1.82, 2.24) is 0 Å². The summed E-state index contributed by atoms with van der Waals surface area (Å²) in [7, 11) is 0. The van der Waals surface area contributed by atoms with Gasteiger partial charge in [0, 0.05) is 22.1 Å². The Morgan fingerprint density at radius 1 is 1.15 bits per heavy atom. The van der Waals surface area contributed by atoms with Crippen LogP contribution in [0.25, 0.3) is 11.3 Å². The van der Waals surface area contributed by atoms with E-state index in [0.29, 0.717) is 16.6 Å². The first-order valence-electron chi connectivity index (χ1n) is 9.91. The standard InChI is InChI=1S/C23H30O3S/c1-23(2,3)15-20(27-17-12-8-5-9-13-17)21-18(24)14-19(26-22(21)25)16-10-6-4-7-11-16/h4,6-7,10-11,14,17,20,24H,5,8-9,12-13,15H2,1-3H3/t20-/m1/s1. The monoisotopic (exact) mass is 386 g/mol. The molecule has 1 N–H and O–H groups in total. The summed E-state index contributed by atoms with van der Waals surface area (Å²) in [5.74, 6) is 0.474. The van der Waals surface area contributed by atoms with Crippen LogP contribution >= 0.6 is 11.8 Å². The zero-order chi connectivity index (χ0) is 19.4. The molecule has 1 aliphatic carbocycles. The highest BCUT2D eigenvalue weighted by molar-refractivity contribution is 8.00. The molecule has 0 bridgehead atoms.